The van der Waals surface area contributed by atoms with Crippen molar-refractivity contribution in [3.63, 3.8) is 0 Å². The lowest BCUT2D eigenvalue weighted by Crippen LogP contribution is -2.05. The Balaban J connectivity index is 0.000000406. The van der Waals surface area contributed by atoms with E-state index in [4.69, 9.17) is 4.74 Å². The minimum Gasteiger partial charge on any atom is -0.466 e. The Kier molecular flexibility index (Phi) is 10.4. The number of methoxy groups -OCH3 is 1. The van der Waals surface area contributed by atoms with E-state index in [-0.39, 0.29) is 12.1 Å². The molecular weight excluding hydrogens is 292 g/mol. The molecule has 0 saturated carbocycles. The Morgan fingerprint density at radius 3 is 1.91 bits per heavy atom. The molecule has 7 heteroatoms. The molecule has 1 heterocycles. The first-order chi connectivity index (χ1) is 10.4. The number of esters is 3. The highest BCUT2D eigenvalue weighted by atomic mass is 16.6. The van der Waals surface area contributed by atoms with E-state index in [1.807, 2.05) is 0 Å². The second-order valence-corrected chi connectivity index (χ2v) is 4.09. The standard InChI is InChI=1S/C8H12O4.C7H10O3/c1-3-11-7(9)5-6-8(10)12-4-2;1-5(7(8)9-2)3-6-4-10-6/h5-6H,3-4H2,1-2H3;6H,1,3-4H2,2H3/b6-5-;. The first-order valence-electron chi connectivity index (χ1n) is 6.83. The summed E-state index contributed by atoms with van der Waals surface area (Å²) >= 11 is 0. The molecule has 0 aromatic heterocycles. The Labute approximate surface area is 129 Å². The number of hydrogen-bond acceptors (Lipinski definition) is 7. The van der Waals surface area contributed by atoms with Gasteiger partial charge in [0, 0.05) is 24.1 Å². The van der Waals surface area contributed by atoms with Gasteiger partial charge in [0.2, 0.25) is 0 Å². The fourth-order valence-electron chi connectivity index (χ4n) is 1.21. The van der Waals surface area contributed by atoms with E-state index in [0.29, 0.717) is 25.2 Å². The van der Waals surface area contributed by atoms with Gasteiger partial charge in [0.15, 0.2) is 0 Å². The maximum Gasteiger partial charge on any atom is 0.333 e. The van der Waals surface area contributed by atoms with Crippen LogP contribution in [0.5, 0.6) is 0 Å². The fourth-order valence-corrected chi connectivity index (χ4v) is 1.21. The summed E-state index contributed by atoms with van der Waals surface area (Å²) in [5.74, 6) is -1.41. The summed E-state index contributed by atoms with van der Waals surface area (Å²) in [6.45, 7) is 8.27. The molecule has 1 atom stereocenters. The zero-order chi connectivity index (χ0) is 17.0. The van der Waals surface area contributed by atoms with Gasteiger partial charge in [0.25, 0.3) is 0 Å². The van der Waals surface area contributed by atoms with Crippen LogP contribution in [0, 0.1) is 0 Å². The summed E-state index contributed by atoms with van der Waals surface area (Å²) in [6.07, 6.45) is 2.90. The molecule has 0 aromatic carbocycles. The van der Waals surface area contributed by atoms with Gasteiger partial charge in [-0.05, 0) is 13.8 Å². The fraction of sp³-hybridized carbons (Fsp3) is 0.533. The average molecular weight is 314 g/mol. The smallest absolute Gasteiger partial charge is 0.333 e. The number of carbonyl (C=O) groups is 3. The summed E-state index contributed by atoms with van der Waals surface area (Å²) < 4.78 is 18.4. The second-order valence-electron chi connectivity index (χ2n) is 4.09. The Morgan fingerprint density at radius 2 is 1.59 bits per heavy atom. The molecule has 0 spiro atoms. The predicted molar refractivity (Wildman–Crippen MR) is 77.9 cm³/mol. The van der Waals surface area contributed by atoms with E-state index in [0.717, 1.165) is 18.8 Å². The van der Waals surface area contributed by atoms with Gasteiger partial charge in [-0.15, -0.1) is 0 Å². The lowest BCUT2D eigenvalue weighted by Gasteiger charge is -1.98. The third-order valence-electron chi connectivity index (χ3n) is 2.28. The molecule has 1 fully saturated rings. The van der Waals surface area contributed by atoms with Gasteiger partial charge in [0.1, 0.15) is 0 Å². The molecule has 0 bridgehead atoms. The minimum absolute atomic E-state index is 0.214. The van der Waals surface area contributed by atoms with Crippen molar-refractivity contribution >= 4 is 17.9 Å². The summed E-state index contributed by atoms with van der Waals surface area (Å²) in [6, 6.07) is 0. The lowest BCUT2D eigenvalue weighted by atomic mass is 10.2. The van der Waals surface area contributed by atoms with E-state index >= 15 is 0 Å². The van der Waals surface area contributed by atoms with Crippen LogP contribution in [0.25, 0.3) is 0 Å². The zero-order valence-corrected chi connectivity index (χ0v) is 13.1. The molecule has 1 aliphatic rings. The molecule has 0 N–H and O–H groups in total. The number of rotatable bonds is 7. The van der Waals surface area contributed by atoms with E-state index in [1.165, 1.54) is 7.11 Å². The summed E-state index contributed by atoms with van der Waals surface area (Å²) in [7, 11) is 1.35. The van der Waals surface area contributed by atoms with Crippen LogP contribution < -0.4 is 0 Å². The molecule has 1 rings (SSSR count). The van der Waals surface area contributed by atoms with Gasteiger partial charge in [0.05, 0.1) is 33.0 Å². The molecule has 0 aliphatic carbocycles. The van der Waals surface area contributed by atoms with E-state index < -0.39 is 11.9 Å². The zero-order valence-electron chi connectivity index (χ0n) is 13.1. The monoisotopic (exact) mass is 314 g/mol. The highest BCUT2D eigenvalue weighted by molar-refractivity contribution is 5.91. The highest BCUT2D eigenvalue weighted by Gasteiger charge is 2.25. The largest absolute Gasteiger partial charge is 0.466 e. The van der Waals surface area contributed by atoms with Gasteiger partial charge < -0.3 is 18.9 Å². The van der Waals surface area contributed by atoms with Gasteiger partial charge in [-0.25, -0.2) is 14.4 Å². The second kappa shape index (κ2) is 11.5. The topological polar surface area (TPSA) is 91.4 Å². The van der Waals surface area contributed by atoms with Crippen LogP contribution in [0.15, 0.2) is 24.3 Å². The third-order valence-corrected chi connectivity index (χ3v) is 2.28. The summed E-state index contributed by atoms with van der Waals surface area (Å²) in [5.41, 5.74) is 0.491. The van der Waals surface area contributed by atoms with Crippen LogP contribution in [-0.2, 0) is 33.3 Å². The van der Waals surface area contributed by atoms with Crippen molar-refractivity contribution in [2.75, 3.05) is 26.9 Å². The molecule has 0 radical (unpaired) electrons. The summed E-state index contributed by atoms with van der Waals surface area (Å²) in [5, 5.41) is 0. The van der Waals surface area contributed by atoms with E-state index in [9.17, 15) is 14.4 Å². The molecule has 0 amide bonds. The first-order valence-corrected chi connectivity index (χ1v) is 6.83. The highest BCUT2D eigenvalue weighted by Crippen LogP contribution is 2.18. The van der Waals surface area contributed by atoms with Crippen molar-refractivity contribution in [2.45, 2.75) is 26.4 Å². The number of hydrogen-bond donors (Lipinski definition) is 0. The molecule has 1 aliphatic heterocycles. The Bertz CT molecular complexity index is 402. The Morgan fingerprint density at radius 1 is 1.14 bits per heavy atom. The van der Waals surface area contributed by atoms with Crippen molar-refractivity contribution in [2.24, 2.45) is 0 Å². The van der Waals surface area contributed by atoms with Gasteiger partial charge >= 0.3 is 17.9 Å². The van der Waals surface area contributed by atoms with E-state index in [2.05, 4.69) is 20.8 Å². The normalized spacial score (nSPS) is 15.3. The molecule has 22 heavy (non-hydrogen) atoms. The average Bonchev–Trinajstić information content (AvgIpc) is 3.29. The van der Waals surface area contributed by atoms with Crippen molar-refractivity contribution < 1.29 is 33.3 Å². The molecule has 124 valence electrons. The van der Waals surface area contributed by atoms with Crippen LogP contribution in [0.4, 0.5) is 0 Å². The van der Waals surface area contributed by atoms with Crippen molar-refractivity contribution in [3.05, 3.63) is 24.3 Å². The lowest BCUT2D eigenvalue weighted by molar-refractivity contribution is -0.140. The summed E-state index contributed by atoms with van der Waals surface area (Å²) in [4.78, 5) is 32.0. The van der Waals surface area contributed by atoms with Gasteiger partial charge in [-0.2, -0.15) is 0 Å². The van der Waals surface area contributed by atoms with Crippen molar-refractivity contribution in [1.29, 1.82) is 0 Å². The number of ether oxygens (including phenoxy) is 4. The number of epoxide rings is 1. The molecule has 7 nitrogen and oxygen atoms in total. The van der Waals surface area contributed by atoms with Crippen molar-refractivity contribution in [3.8, 4) is 0 Å². The van der Waals surface area contributed by atoms with Gasteiger partial charge in [-0.1, -0.05) is 6.58 Å². The van der Waals surface area contributed by atoms with Crippen LogP contribution in [0.3, 0.4) is 0 Å². The van der Waals surface area contributed by atoms with Crippen molar-refractivity contribution in [1.82, 2.24) is 0 Å². The van der Waals surface area contributed by atoms with Crippen LogP contribution >= 0.6 is 0 Å². The van der Waals surface area contributed by atoms with Crippen LogP contribution in [0.2, 0.25) is 0 Å². The maximum atomic E-state index is 10.7. The minimum atomic E-state index is -0.537. The number of carbonyl (C=O) groups excluding carboxylic acids is 3. The van der Waals surface area contributed by atoms with E-state index in [1.54, 1.807) is 13.8 Å². The quantitative estimate of drug-likeness (QED) is 0.301. The molecule has 1 saturated heterocycles. The molecule has 1 unspecified atom stereocenters. The van der Waals surface area contributed by atoms with Crippen LogP contribution in [0.1, 0.15) is 20.3 Å². The van der Waals surface area contributed by atoms with Crippen LogP contribution in [-0.4, -0.2) is 50.9 Å². The predicted octanol–water partition coefficient (Wildman–Crippen LogP) is 1.17. The van der Waals surface area contributed by atoms with Gasteiger partial charge in [-0.3, -0.25) is 0 Å². The maximum absolute atomic E-state index is 10.7. The molecular formula is C15H22O7. The SMILES string of the molecule is C=C(CC1CO1)C(=O)OC.CCOC(=O)/C=C\C(=O)OCC. The molecule has 0 aromatic rings. The Hall–Kier alpha value is -2.15. The third kappa shape index (κ3) is 10.6. The first kappa shape index (κ1) is 19.9.